The normalized spacial score (nSPS) is 14.7. The van der Waals surface area contributed by atoms with Crippen LogP contribution in [0.3, 0.4) is 0 Å². The maximum atomic E-state index is 13.6. The van der Waals surface area contributed by atoms with E-state index in [4.69, 9.17) is 16.7 Å². The molecule has 0 bridgehead atoms. The molecule has 0 saturated heterocycles. The second kappa shape index (κ2) is 5.47. The van der Waals surface area contributed by atoms with Crippen LogP contribution in [0.5, 0.6) is 0 Å². The lowest BCUT2D eigenvalue weighted by atomic mass is 9.86. The van der Waals surface area contributed by atoms with E-state index in [-0.39, 0.29) is 16.5 Å². The minimum atomic E-state index is -1.46. The van der Waals surface area contributed by atoms with Gasteiger partial charge in [-0.15, -0.1) is 0 Å². The second-order valence-corrected chi connectivity index (χ2v) is 4.60. The van der Waals surface area contributed by atoms with Gasteiger partial charge in [-0.2, -0.15) is 0 Å². The molecular weight excluding hydrogens is 247 g/mol. The highest BCUT2D eigenvalue weighted by Gasteiger charge is 2.33. The van der Waals surface area contributed by atoms with E-state index in [1.807, 2.05) is 0 Å². The minimum absolute atomic E-state index is 0.0319. The van der Waals surface area contributed by atoms with E-state index in [9.17, 15) is 14.3 Å². The molecule has 0 radical (unpaired) electrons. The number of hydrogen-bond donors (Lipinski definition) is 2. The predicted molar refractivity (Wildman–Crippen MR) is 62.3 cm³/mol. The third-order valence-corrected chi connectivity index (χ3v) is 2.97. The molecule has 5 heteroatoms. The van der Waals surface area contributed by atoms with Crippen molar-refractivity contribution in [1.82, 2.24) is 0 Å². The number of carbonyl (C=O) groups is 1. The van der Waals surface area contributed by atoms with Crippen LogP contribution in [0.2, 0.25) is 5.02 Å². The first-order valence-electron chi connectivity index (χ1n) is 5.21. The average Bonchev–Trinajstić information content (AvgIpc) is 2.15. The fourth-order valence-electron chi connectivity index (χ4n) is 1.76. The molecule has 0 saturated carbocycles. The Morgan fingerprint density at radius 3 is 2.41 bits per heavy atom. The molecule has 94 valence electrons. The maximum Gasteiger partial charge on any atom is 0.309 e. The fourth-order valence-corrected chi connectivity index (χ4v) is 2.03. The molecule has 0 aliphatic heterocycles. The second-order valence-electron chi connectivity index (χ2n) is 4.19. The summed E-state index contributed by atoms with van der Waals surface area (Å²) >= 11 is 5.78. The lowest BCUT2D eigenvalue weighted by Crippen LogP contribution is -2.27. The SMILES string of the molecule is CC(C)C(C(=O)O)C(O)c1c(F)cccc1Cl. The Morgan fingerprint density at radius 1 is 1.41 bits per heavy atom. The Morgan fingerprint density at radius 2 is 2.00 bits per heavy atom. The number of rotatable bonds is 4. The molecule has 1 aromatic carbocycles. The molecule has 0 fully saturated rings. The Balaban J connectivity index is 3.18. The summed E-state index contributed by atoms with van der Waals surface area (Å²) in [6.45, 7) is 3.30. The third kappa shape index (κ3) is 2.96. The molecule has 0 aromatic heterocycles. The van der Waals surface area contributed by atoms with Gasteiger partial charge >= 0.3 is 5.97 Å². The van der Waals surface area contributed by atoms with Gasteiger partial charge < -0.3 is 10.2 Å². The van der Waals surface area contributed by atoms with Crippen LogP contribution in [-0.2, 0) is 4.79 Å². The number of aliphatic hydroxyl groups is 1. The summed E-state index contributed by atoms with van der Waals surface area (Å²) in [4.78, 5) is 11.1. The molecule has 0 heterocycles. The van der Waals surface area contributed by atoms with E-state index >= 15 is 0 Å². The molecular formula is C12H14ClFO3. The topological polar surface area (TPSA) is 57.5 Å². The van der Waals surface area contributed by atoms with E-state index in [0.717, 1.165) is 6.07 Å². The molecule has 0 amide bonds. The number of benzene rings is 1. The van der Waals surface area contributed by atoms with Crippen LogP contribution in [0, 0.1) is 17.7 Å². The van der Waals surface area contributed by atoms with Gasteiger partial charge in [-0.05, 0) is 18.1 Å². The van der Waals surface area contributed by atoms with Crippen molar-refractivity contribution in [2.24, 2.45) is 11.8 Å². The van der Waals surface area contributed by atoms with Crippen LogP contribution in [0.25, 0.3) is 0 Å². The van der Waals surface area contributed by atoms with Crippen molar-refractivity contribution in [3.05, 3.63) is 34.6 Å². The first kappa shape index (κ1) is 13.9. The third-order valence-electron chi connectivity index (χ3n) is 2.64. The first-order valence-corrected chi connectivity index (χ1v) is 5.58. The van der Waals surface area contributed by atoms with Crippen LogP contribution in [0.15, 0.2) is 18.2 Å². The summed E-state index contributed by atoms with van der Waals surface area (Å²) in [7, 11) is 0. The molecule has 17 heavy (non-hydrogen) atoms. The van der Waals surface area contributed by atoms with Crippen molar-refractivity contribution < 1.29 is 19.4 Å². The van der Waals surface area contributed by atoms with Gasteiger partial charge in [0.15, 0.2) is 0 Å². The van der Waals surface area contributed by atoms with Gasteiger partial charge in [0.25, 0.3) is 0 Å². The predicted octanol–water partition coefficient (Wildman–Crippen LogP) is 2.87. The summed E-state index contributed by atoms with van der Waals surface area (Å²) in [5.41, 5.74) is -0.157. The quantitative estimate of drug-likeness (QED) is 0.875. The first-order chi connectivity index (χ1) is 7.86. The molecule has 2 unspecified atom stereocenters. The van der Waals surface area contributed by atoms with Crippen molar-refractivity contribution >= 4 is 17.6 Å². The van der Waals surface area contributed by atoms with Crippen molar-refractivity contribution in [3.63, 3.8) is 0 Å². The molecule has 2 N–H and O–H groups in total. The number of carboxylic acids is 1. The number of halogens is 2. The zero-order valence-electron chi connectivity index (χ0n) is 9.52. The Bertz CT molecular complexity index is 400. The maximum absolute atomic E-state index is 13.6. The number of aliphatic carboxylic acids is 1. The highest BCUT2D eigenvalue weighted by molar-refractivity contribution is 6.31. The molecule has 1 aromatic rings. The molecule has 0 aliphatic carbocycles. The average molecular weight is 261 g/mol. The van der Waals surface area contributed by atoms with E-state index in [1.165, 1.54) is 12.1 Å². The minimum Gasteiger partial charge on any atom is -0.481 e. The van der Waals surface area contributed by atoms with E-state index in [0.29, 0.717) is 0 Å². The Kier molecular flexibility index (Phi) is 4.48. The largest absolute Gasteiger partial charge is 0.481 e. The van der Waals surface area contributed by atoms with E-state index in [2.05, 4.69) is 0 Å². The summed E-state index contributed by atoms with van der Waals surface area (Å²) in [6.07, 6.45) is -1.46. The Hall–Kier alpha value is -1.13. The summed E-state index contributed by atoms with van der Waals surface area (Å²) in [5, 5.41) is 19.0. The van der Waals surface area contributed by atoms with Crippen LogP contribution < -0.4 is 0 Å². The van der Waals surface area contributed by atoms with Crippen LogP contribution >= 0.6 is 11.6 Å². The van der Waals surface area contributed by atoms with Gasteiger partial charge in [-0.3, -0.25) is 4.79 Å². The van der Waals surface area contributed by atoms with Crippen LogP contribution in [0.1, 0.15) is 25.5 Å². The van der Waals surface area contributed by atoms with Crippen molar-refractivity contribution in [2.45, 2.75) is 20.0 Å². The Labute approximate surface area is 104 Å². The number of hydrogen-bond acceptors (Lipinski definition) is 2. The molecule has 3 nitrogen and oxygen atoms in total. The molecule has 2 atom stereocenters. The smallest absolute Gasteiger partial charge is 0.309 e. The summed E-state index contributed by atoms with van der Waals surface area (Å²) in [5.74, 6) is -3.30. The van der Waals surface area contributed by atoms with Crippen LogP contribution in [0.4, 0.5) is 4.39 Å². The summed E-state index contributed by atoms with van der Waals surface area (Å²) < 4.78 is 13.6. The number of aliphatic hydroxyl groups excluding tert-OH is 1. The van der Waals surface area contributed by atoms with Gasteiger partial charge in [0, 0.05) is 10.6 Å². The lowest BCUT2D eigenvalue weighted by Gasteiger charge is -2.23. The highest BCUT2D eigenvalue weighted by atomic mass is 35.5. The van der Waals surface area contributed by atoms with Gasteiger partial charge in [0.05, 0.1) is 12.0 Å². The zero-order valence-corrected chi connectivity index (χ0v) is 10.3. The molecule has 0 aliphatic rings. The fraction of sp³-hybridized carbons (Fsp3) is 0.417. The lowest BCUT2D eigenvalue weighted by molar-refractivity contribution is -0.148. The van der Waals surface area contributed by atoms with Crippen molar-refractivity contribution in [2.75, 3.05) is 0 Å². The summed E-state index contributed by atoms with van der Waals surface area (Å²) in [6, 6.07) is 3.96. The highest BCUT2D eigenvalue weighted by Crippen LogP contribution is 2.34. The monoisotopic (exact) mass is 260 g/mol. The molecule has 0 spiro atoms. The van der Waals surface area contributed by atoms with E-state index in [1.54, 1.807) is 13.8 Å². The standard InChI is InChI=1S/C12H14ClFO3/c1-6(2)9(12(16)17)11(15)10-7(13)4-3-5-8(10)14/h3-6,9,11,15H,1-2H3,(H,16,17). The van der Waals surface area contributed by atoms with Gasteiger partial charge in [-0.1, -0.05) is 31.5 Å². The number of carboxylic acid groups (broad SMARTS) is 1. The van der Waals surface area contributed by atoms with Crippen molar-refractivity contribution in [1.29, 1.82) is 0 Å². The van der Waals surface area contributed by atoms with Gasteiger partial charge in [-0.25, -0.2) is 4.39 Å². The molecule has 1 rings (SSSR count). The van der Waals surface area contributed by atoms with Crippen LogP contribution in [-0.4, -0.2) is 16.2 Å². The van der Waals surface area contributed by atoms with Crippen molar-refractivity contribution in [3.8, 4) is 0 Å². The van der Waals surface area contributed by atoms with E-state index < -0.39 is 23.8 Å². The van der Waals surface area contributed by atoms with Gasteiger partial charge in [0.2, 0.25) is 0 Å². The zero-order chi connectivity index (χ0) is 13.2. The van der Waals surface area contributed by atoms with Gasteiger partial charge in [0.1, 0.15) is 5.82 Å².